The zero-order valence-corrected chi connectivity index (χ0v) is 15.8. The van der Waals surface area contributed by atoms with E-state index in [1.54, 1.807) is 0 Å². The predicted molar refractivity (Wildman–Crippen MR) is 17.4 cm³/mol. The molecule has 19 heavy (non-hydrogen) atoms. The van der Waals surface area contributed by atoms with E-state index >= 15 is 0 Å². The minimum absolute atomic E-state index is 0. The molecule has 0 spiro atoms. The van der Waals surface area contributed by atoms with Gasteiger partial charge in [-0.3, -0.25) is 0 Å². The van der Waals surface area contributed by atoms with Crippen LogP contribution in [0.15, 0.2) is 0 Å². The second-order valence-electron chi connectivity index (χ2n) is 0.365. The molecule has 0 heterocycles. The van der Waals surface area contributed by atoms with E-state index in [0.717, 1.165) is 0 Å². The van der Waals surface area contributed by atoms with Crippen molar-refractivity contribution < 1.29 is 159 Å². The van der Waals surface area contributed by atoms with Crippen LogP contribution in [-0.4, -0.2) is 25.3 Å². The number of hydrogen-bond acceptors (Lipinski definition) is 6. The Morgan fingerprint density at radius 1 is 0.368 bits per heavy atom. The first-order valence-electron chi connectivity index (χ1n) is 1.71. The molecule has 12 nitrogen and oxygen atoms in total. The molecule has 0 radical (unpaired) electrons. The van der Waals surface area contributed by atoms with Crippen LogP contribution >= 0.6 is 0 Å². The molecule has 138 valence electrons. The summed E-state index contributed by atoms with van der Waals surface area (Å²) in [7, 11) is 0. The number of hydrogen-bond donors (Lipinski definition) is 6. The Hall–Kier alpha value is 2.29. The van der Waals surface area contributed by atoms with Crippen molar-refractivity contribution in [2.24, 2.45) is 0 Å². The monoisotopic (exact) mass is 649 g/mol. The van der Waals surface area contributed by atoms with Gasteiger partial charge in [0.1, 0.15) is 0 Å². The molecule has 0 amide bonds. The molecule has 0 aromatic carbocycles. The summed E-state index contributed by atoms with van der Waals surface area (Å²) in [5.74, 6) is 0. The van der Waals surface area contributed by atoms with E-state index in [9.17, 15) is 0 Å². The molecule has 0 atom stereocenters. The van der Waals surface area contributed by atoms with E-state index in [2.05, 4.69) is 0 Å². The van der Waals surface area contributed by atoms with E-state index in [1.807, 2.05) is 0 Å². The summed E-state index contributed by atoms with van der Waals surface area (Å²) in [5, 5.41) is 0. The van der Waals surface area contributed by atoms with Crippen molar-refractivity contribution in [2.45, 2.75) is 0 Å². The summed E-state index contributed by atoms with van der Waals surface area (Å²) in [4.78, 5) is 0. The van der Waals surface area contributed by atoms with Gasteiger partial charge < -0.3 is 0 Å². The first kappa shape index (κ1) is 42.9. The molecule has 0 rings (SSSR count). The van der Waals surface area contributed by atoms with Crippen molar-refractivity contribution in [3.8, 4) is 0 Å². The van der Waals surface area contributed by atoms with Gasteiger partial charge in [0, 0.05) is 0 Å². The van der Waals surface area contributed by atoms with Gasteiger partial charge in [0.15, 0.2) is 0 Å². The first-order chi connectivity index (χ1) is 8.49. The third-order valence-electron chi connectivity index (χ3n) is 0. The molecule has 0 aromatic heterocycles. The van der Waals surface area contributed by atoms with Gasteiger partial charge in [-0.2, -0.15) is 0 Å². The number of rotatable bonds is 0. The van der Waals surface area contributed by atoms with Gasteiger partial charge in [0.25, 0.3) is 0 Å². The standard InChI is InChI=1S/6Co.Mo.6H2O.6O/h;;;;;;;6*1H2;;;;;;/q;;;;;;+6;;;;;;;;;;;;/p-6. The molecular formula is H6Co6MoO12. The molecule has 0 aliphatic rings. The van der Waals surface area contributed by atoms with Crippen molar-refractivity contribution in [1.82, 2.24) is 0 Å². The van der Waals surface area contributed by atoms with Crippen molar-refractivity contribution in [3.05, 3.63) is 0 Å². The second-order valence-corrected chi connectivity index (χ2v) is 1.51. The Morgan fingerprint density at radius 3 is 0.368 bits per heavy atom. The summed E-state index contributed by atoms with van der Waals surface area (Å²) < 4.78 is 92.6. The zero-order valence-electron chi connectivity index (χ0n) is 7.54. The Morgan fingerprint density at radius 2 is 0.368 bits per heavy atom. The Bertz CT molecular complexity index is 114. The van der Waals surface area contributed by atoms with Crippen LogP contribution in [0.25, 0.3) is 0 Å². The Balaban J connectivity index is -0.0000000180. The molecule has 0 aliphatic heterocycles. The molecule has 6 N–H and O–H groups in total. The van der Waals surface area contributed by atoms with Crippen LogP contribution in [-0.2, 0) is 134 Å². The fourth-order valence-electron chi connectivity index (χ4n) is 0. The molecule has 0 unspecified atom stereocenters. The van der Waals surface area contributed by atoms with Gasteiger partial charge in [-0.05, 0) is 0 Å². The van der Waals surface area contributed by atoms with Crippen LogP contribution in [0.5, 0.6) is 0 Å². The summed E-state index contributed by atoms with van der Waals surface area (Å²) in [6, 6.07) is 0. The maximum absolute atomic E-state index is 8.45. The fourth-order valence-corrected chi connectivity index (χ4v) is 0. The van der Waals surface area contributed by atoms with Crippen LogP contribution in [0.4, 0.5) is 0 Å². The van der Waals surface area contributed by atoms with Gasteiger partial charge in [-0.25, -0.2) is 0 Å². The van der Waals surface area contributed by atoms with Gasteiger partial charge in [-0.15, -0.1) is 0 Å². The van der Waals surface area contributed by atoms with Crippen LogP contribution in [0.3, 0.4) is 0 Å². The van der Waals surface area contributed by atoms with Crippen LogP contribution < -0.4 is 0 Å². The molecule has 0 aliphatic carbocycles. The summed E-state index contributed by atoms with van der Waals surface area (Å²) >= 11 is -4.88. The van der Waals surface area contributed by atoms with Crippen LogP contribution in [0.2, 0.25) is 0 Å². The van der Waals surface area contributed by atoms with Crippen molar-refractivity contribution in [1.29, 1.82) is 0 Å². The average molecular weight is 648 g/mol. The first-order valence-corrected chi connectivity index (χ1v) is 7.05. The van der Waals surface area contributed by atoms with E-state index in [1.165, 1.54) is 0 Å². The third kappa shape index (κ3) is 1300. The fraction of sp³-hybridized carbons (Fsp3) is 0. The van der Waals surface area contributed by atoms with Gasteiger partial charge in [-0.1, -0.05) is 0 Å². The molecule has 0 bridgehead atoms. The van der Waals surface area contributed by atoms with Gasteiger partial charge in [0.2, 0.25) is 0 Å². The molecule has 0 saturated carbocycles. The van der Waals surface area contributed by atoms with Gasteiger partial charge >= 0.3 is 159 Å². The molecule has 0 aromatic rings. The quantitative estimate of drug-likeness (QED) is 0.138. The van der Waals surface area contributed by atoms with Crippen molar-refractivity contribution in [3.63, 3.8) is 0 Å². The molecule has 0 fully saturated rings. The van der Waals surface area contributed by atoms with Crippen LogP contribution in [0, 0.1) is 0 Å². The molecular weight excluding hydrogens is 642 g/mol. The molecule has 0 saturated heterocycles. The zero-order chi connectivity index (χ0) is 16.2. The van der Waals surface area contributed by atoms with Gasteiger partial charge in [0.05, 0.1) is 0 Å². The minimum atomic E-state index is -0.812. The summed E-state index contributed by atoms with van der Waals surface area (Å²) in [6.07, 6.45) is 0. The SMILES string of the molecule is [Mo+6].[O]=[Co-][OH].[O]=[Co-][OH].[O]=[Co-][OH].[O]=[Co-][OH].[O]=[Co-][OH].[O]=[Co-][OH]. The maximum atomic E-state index is 8.45. The average Bonchev–Trinajstić information content (AvgIpc) is 2.23. The topological polar surface area (TPSA) is 224 Å². The van der Waals surface area contributed by atoms with E-state index in [4.69, 9.17) is 48.5 Å². The van der Waals surface area contributed by atoms with E-state index in [-0.39, 0.29) is 21.1 Å². The van der Waals surface area contributed by atoms with E-state index in [0.29, 0.717) is 0 Å². The Labute approximate surface area is 157 Å². The van der Waals surface area contributed by atoms with Crippen LogP contribution in [0.1, 0.15) is 0 Å². The Kier molecular flexibility index (Phi) is 248. The second kappa shape index (κ2) is 110. The van der Waals surface area contributed by atoms with Crippen molar-refractivity contribution >= 4 is 0 Å². The summed E-state index contributed by atoms with van der Waals surface area (Å²) in [5.41, 5.74) is 0. The normalized spacial score (nSPS) is 6.63. The van der Waals surface area contributed by atoms with Crippen molar-refractivity contribution in [2.75, 3.05) is 0 Å². The predicted octanol–water partition coefficient (Wildman–Crippen LogP) is -4.07. The van der Waals surface area contributed by atoms with E-state index < -0.39 is 89.7 Å². The molecule has 19 heteroatoms. The third-order valence-corrected chi connectivity index (χ3v) is 0. The summed E-state index contributed by atoms with van der Waals surface area (Å²) in [6.45, 7) is 0.